The van der Waals surface area contributed by atoms with Crippen LogP contribution in [0.4, 0.5) is 0 Å². The average Bonchev–Trinajstić information content (AvgIpc) is 3.85. The van der Waals surface area contributed by atoms with Gasteiger partial charge in [-0.25, -0.2) is 0 Å². The lowest BCUT2D eigenvalue weighted by Crippen LogP contribution is -2.18. The molecular weight excluding hydrogens is 621 g/mol. The molecule has 8 aromatic rings. The van der Waals surface area contributed by atoms with Crippen molar-refractivity contribution in [2.45, 2.75) is 24.5 Å². The number of para-hydroxylation sites is 2. The Hall–Kier alpha value is -6.32. The molecular formula is C48H34N2O. The number of nitrogens with zero attached hydrogens (tertiary/aromatic N) is 2. The molecule has 0 fully saturated rings. The van der Waals surface area contributed by atoms with Crippen molar-refractivity contribution >= 4 is 49.3 Å². The summed E-state index contributed by atoms with van der Waals surface area (Å²) in [4.78, 5) is 0. The summed E-state index contributed by atoms with van der Waals surface area (Å²) >= 11 is 0. The fourth-order valence-corrected chi connectivity index (χ4v) is 8.78. The summed E-state index contributed by atoms with van der Waals surface area (Å²) in [5.41, 5.74) is 12.3. The molecule has 3 heterocycles. The molecule has 3 unspecified atom stereocenters. The Morgan fingerprint density at radius 3 is 2.00 bits per heavy atom. The first-order valence-electron chi connectivity index (χ1n) is 17.9. The fraction of sp³-hybridized carbons (Fsp3) is 0.0833. The number of fused-ring (bicyclic) bond motifs is 9. The van der Waals surface area contributed by atoms with Crippen LogP contribution in [0.3, 0.4) is 0 Å². The van der Waals surface area contributed by atoms with Crippen LogP contribution in [-0.4, -0.2) is 15.2 Å². The minimum atomic E-state index is -0.0187. The van der Waals surface area contributed by atoms with Gasteiger partial charge in [0.15, 0.2) is 0 Å². The molecule has 3 heteroatoms. The van der Waals surface area contributed by atoms with Crippen molar-refractivity contribution in [2.75, 3.05) is 0 Å². The second kappa shape index (κ2) is 11.1. The topological polar surface area (TPSA) is 19.1 Å². The lowest BCUT2D eigenvalue weighted by atomic mass is 9.89. The van der Waals surface area contributed by atoms with E-state index in [1.807, 2.05) is 0 Å². The van der Waals surface area contributed by atoms with Crippen LogP contribution >= 0.6 is 0 Å². The van der Waals surface area contributed by atoms with Gasteiger partial charge in [-0.05, 0) is 95.4 Å². The summed E-state index contributed by atoms with van der Waals surface area (Å²) < 4.78 is 11.5. The van der Waals surface area contributed by atoms with Gasteiger partial charge in [-0.15, -0.1) is 0 Å². The van der Waals surface area contributed by atoms with Crippen LogP contribution in [0.1, 0.15) is 23.9 Å². The second-order valence-electron chi connectivity index (χ2n) is 14.0. The van der Waals surface area contributed by atoms with E-state index in [1.54, 1.807) is 0 Å². The highest BCUT2D eigenvalue weighted by molar-refractivity contribution is 6.12. The third kappa shape index (κ3) is 4.38. The number of ether oxygens (including phenoxy) is 1. The first-order chi connectivity index (χ1) is 25.3. The van der Waals surface area contributed by atoms with E-state index >= 15 is 0 Å². The Bertz CT molecular complexity index is 2820. The Morgan fingerprint density at radius 2 is 1.18 bits per heavy atom. The van der Waals surface area contributed by atoms with Gasteiger partial charge in [0.2, 0.25) is 0 Å². The molecule has 242 valence electrons. The molecule has 3 aliphatic rings. The lowest BCUT2D eigenvalue weighted by Gasteiger charge is -2.20. The minimum Gasteiger partial charge on any atom is -0.485 e. The summed E-state index contributed by atoms with van der Waals surface area (Å²) in [5, 5.41) is 5.13. The van der Waals surface area contributed by atoms with Crippen molar-refractivity contribution in [1.82, 2.24) is 9.13 Å². The van der Waals surface area contributed by atoms with Gasteiger partial charge < -0.3 is 13.9 Å². The van der Waals surface area contributed by atoms with Crippen LogP contribution in [-0.2, 0) is 0 Å². The van der Waals surface area contributed by atoms with Gasteiger partial charge in [-0.2, -0.15) is 0 Å². The van der Waals surface area contributed by atoms with Crippen molar-refractivity contribution in [3.8, 4) is 28.0 Å². The first-order valence-corrected chi connectivity index (χ1v) is 17.9. The van der Waals surface area contributed by atoms with Crippen molar-refractivity contribution in [3.63, 3.8) is 0 Å². The smallest absolute Gasteiger partial charge is 0.128 e. The van der Waals surface area contributed by atoms with Crippen LogP contribution < -0.4 is 4.74 Å². The summed E-state index contributed by atoms with van der Waals surface area (Å²) in [6.45, 7) is 0. The van der Waals surface area contributed by atoms with Crippen molar-refractivity contribution in [2.24, 2.45) is 0 Å². The number of aromatic nitrogens is 2. The number of benzene rings is 6. The monoisotopic (exact) mass is 654 g/mol. The molecule has 0 spiro atoms. The van der Waals surface area contributed by atoms with Gasteiger partial charge >= 0.3 is 0 Å². The molecule has 2 aromatic heterocycles. The molecule has 0 saturated heterocycles. The predicted octanol–water partition coefficient (Wildman–Crippen LogP) is 12.2. The molecule has 11 rings (SSSR count). The Balaban J connectivity index is 1.01. The van der Waals surface area contributed by atoms with Crippen LogP contribution in [0.2, 0.25) is 0 Å². The molecule has 0 bridgehead atoms. The molecule has 3 atom stereocenters. The highest BCUT2D eigenvalue weighted by Crippen LogP contribution is 2.46. The zero-order valence-electron chi connectivity index (χ0n) is 28.0. The van der Waals surface area contributed by atoms with E-state index in [1.165, 1.54) is 77.1 Å². The molecule has 0 saturated carbocycles. The molecule has 0 radical (unpaired) electrons. The van der Waals surface area contributed by atoms with Gasteiger partial charge in [0, 0.05) is 49.8 Å². The maximum atomic E-state index is 6.55. The maximum Gasteiger partial charge on any atom is 0.128 e. The Morgan fingerprint density at radius 1 is 0.529 bits per heavy atom. The normalized spacial score (nSPS) is 19.1. The van der Waals surface area contributed by atoms with Crippen LogP contribution in [0, 0.1) is 0 Å². The number of rotatable bonds is 4. The zero-order chi connectivity index (χ0) is 33.5. The minimum absolute atomic E-state index is 0.0187. The summed E-state index contributed by atoms with van der Waals surface area (Å²) in [7, 11) is 0. The highest BCUT2D eigenvalue weighted by atomic mass is 16.5. The van der Waals surface area contributed by atoms with Crippen LogP contribution in [0.25, 0.3) is 71.6 Å². The standard InChI is InChI=1S/C48H34N2O/c1-3-11-31(12-4-1)32-19-23-46-39(27-32)38-16-8-10-18-44(38)50(46)36-22-26-48-42(30-36)41-29-34(21-25-47(41)51-48)33-20-24-45-40(28-33)37-15-7-9-17-43(37)49(45)35-13-5-2-6-14-35/h1-13,15-30,35,42,48H,14H2. The van der Waals surface area contributed by atoms with E-state index in [0.717, 1.165) is 12.2 Å². The predicted molar refractivity (Wildman–Crippen MR) is 212 cm³/mol. The largest absolute Gasteiger partial charge is 0.485 e. The maximum absolute atomic E-state index is 6.55. The van der Waals surface area contributed by atoms with Crippen molar-refractivity contribution in [3.05, 3.63) is 182 Å². The summed E-state index contributed by atoms with van der Waals surface area (Å²) in [5.74, 6) is 1.09. The molecule has 1 aliphatic heterocycles. The summed E-state index contributed by atoms with van der Waals surface area (Å²) in [6.07, 6.45) is 16.8. The van der Waals surface area contributed by atoms with E-state index < -0.39 is 0 Å². The Kier molecular flexibility index (Phi) is 6.20. The van der Waals surface area contributed by atoms with Crippen molar-refractivity contribution < 1.29 is 4.74 Å². The lowest BCUT2D eigenvalue weighted by molar-refractivity contribution is 0.269. The van der Waals surface area contributed by atoms with Crippen molar-refractivity contribution in [1.29, 1.82) is 0 Å². The van der Waals surface area contributed by atoms with E-state index in [2.05, 4.69) is 185 Å². The quantitative estimate of drug-likeness (QED) is 0.185. The van der Waals surface area contributed by atoms with Crippen LogP contribution in [0.15, 0.2) is 176 Å². The van der Waals surface area contributed by atoms with Crippen LogP contribution in [0.5, 0.6) is 5.75 Å². The number of hydrogen-bond donors (Lipinski definition) is 0. The molecule has 3 nitrogen and oxygen atoms in total. The van der Waals surface area contributed by atoms with Gasteiger partial charge in [-0.3, -0.25) is 0 Å². The molecule has 2 aliphatic carbocycles. The van der Waals surface area contributed by atoms with Gasteiger partial charge in [0.25, 0.3) is 0 Å². The third-order valence-corrected chi connectivity index (χ3v) is 11.2. The van der Waals surface area contributed by atoms with Gasteiger partial charge in [0.1, 0.15) is 11.9 Å². The summed E-state index contributed by atoms with van der Waals surface area (Å²) in [6, 6.07) is 49.2. The van der Waals surface area contributed by atoms with E-state index in [9.17, 15) is 0 Å². The second-order valence-corrected chi connectivity index (χ2v) is 14.0. The number of hydrogen-bond acceptors (Lipinski definition) is 1. The average molecular weight is 655 g/mol. The SMILES string of the molecule is C1=CCC(n2c3ccccc3c3cc(-c4ccc5c(c4)C4C=C(n6c7ccccc7c7cc(-c8ccccc8)ccc76)C=CC4O5)ccc32)C=C1. The molecule has 6 aromatic carbocycles. The van der Waals surface area contributed by atoms with E-state index in [0.29, 0.717) is 6.04 Å². The Labute approximate surface area is 296 Å². The van der Waals surface area contributed by atoms with Gasteiger partial charge in [0.05, 0.1) is 17.1 Å². The third-order valence-electron chi connectivity index (χ3n) is 11.2. The zero-order valence-corrected chi connectivity index (χ0v) is 28.0. The molecule has 0 amide bonds. The first kappa shape index (κ1) is 28.5. The fourth-order valence-electron chi connectivity index (χ4n) is 8.78. The van der Waals surface area contributed by atoms with E-state index in [-0.39, 0.29) is 12.0 Å². The molecule has 51 heavy (non-hydrogen) atoms. The molecule has 0 N–H and O–H groups in total. The number of allylic oxidation sites excluding steroid dienone is 6. The highest BCUT2D eigenvalue weighted by Gasteiger charge is 2.34. The van der Waals surface area contributed by atoms with E-state index in [4.69, 9.17) is 4.74 Å². The van der Waals surface area contributed by atoms with Gasteiger partial charge in [-0.1, -0.05) is 109 Å².